The van der Waals surface area contributed by atoms with Gasteiger partial charge in [0.05, 0.1) is 20.6 Å². The van der Waals surface area contributed by atoms with E-state index in [0.29, 0.717) is 9.50 Å². The Morgan fingerprint density at radius 3 is 2.43 bits per heavy atom. The quantitative estimate of drug-likeness (QED) is 0.731. The molecular formula is C12H7BrCl2FNO3S. The highest BCUT2D eigenvalue weighted by molar-refractivity contribution is 9.10. The molecule has 0 amide bonds. The molecule has 0 aromatic heterocycles. The number of hydrogen-bond acceptors (Lipinski definition) is 3. The largest absolute Gasteiger partial charge is 0.506 e. The van der Waals surface area contributed by atoms with Crippen LogP contribution in [0.1, 0.15) is 0 Å². The number of phenols is 1. The zero-order valence-corrected chi connectivity index (χ0v) is 14.0. The van der Waals surface area contributed by atoms with Crippen LogP contribution in [0.2, 0.25) is 10.0 Å². The highest BCUT2D eigenvalue weighted by Gasteiger charge is 2.18. The standard InChI is InChI=1S/C12H7BrCl2FNO3S/c13-7-3-6(1-2-8(7)14)21(19,20)17-11-4-9(15)10(16)5-12(11)18/h1-5,17-18H. The molecule has 0 atom stereocenters. The number of phenolic OH excluding ortho intramolecular Hbond substituents is 1. The lowest BCUT2D eigenvalue weighted by Crippen LogP contribution is -2.13. The number of hydrogen-bond donors (Lipinski definition) is 2. The summed E-state index contributed by atoms with van der Waals surface area (Å²) in [5.41, 5.74) is -0.229. The van der Waals surface area contributed by atoms with Gasteiger partial charge in [-0.15, -0.1) is 0 Å². The minimum absolute atomic E-state index is 0.0846. The minimum atomic E-state index is -3.98. The Hall–Kier alpha value is -1.02. The van der Waals surface area contributed by atoms with E-state index in [2.05, 4.69) is 20.7 Å². The van der Waals surface area contributed by atoms with Crippen LogP contribution >= 0.6 is 39.1 Å². The minimum Gasteiger partial charge on any atom is -0.506 e. The monoisotopic (exact) mass is 413 g/mol. The molecule has 0 saturated heterocycles. The Kier molecular flexibility index (Phi) is 4.67. The first kappa shape index (κ1) is 16.4. The summed E-state index contributed by atoms with van der Waals surface area (Å²) < 4.78 is 40.0. The summed E-state index contributed by atoms with van der Waals surface area (Å²) in [6, 6.07) is 5.69. The number of halogens is 4. The summed E-state index contributed by atoms with van der Waals surface area (Å²) in [4.78, 5) is -0.0846. The highest BCUT2D eigenvalue weighted by atomic mass is 79.9. The first-order chi connectivity index (χ1) is 9.70. The fraction of sp³-hybridized carbons (Fsp3) is 0. The molecule has 0 aliphatic carbocycles. The molecule has 2 aromatic carbocycles. The Morgan fingerprint density at radius 2 is 1.81 bits per heavy atom. The van der Waals surface area contributed by atoms with E-state index in [1.807, 2.05) is 0 Å². The average Bonchev–Trinajstić information content (AvgIpc) is 2.39. The Bertz CT molecular complexity index is 814. The average molecular weight is 415 g/mol. The van der Waals surface area contributed by atoms with Gasteiger partial charge in [-0.3, -0.25) is 4.72 Å². The Balaban J connectivity index is 2.42. The highest BCUT2D eigenvalue weighted by Crippen LogP contribution is 2.32. The summed E-state index contributed by atoms with van der Waals surface area (Å²) in [7, 11) is -3.98. The first-order valence-electron chi connectivity index (χ1n) is 5.36. The van der Waals surface area contributed by atoms with E-state index in [9.17, 15) is 17.9 Å². The summed E-state index contributed by atoms with van der Waals surface area (Å²) in [5.74, 6) is -1.43. The van der Waals surface area contributed by atoms with Gasteiger partial charge in [-0.05, 0) is 40.2 Å². The van der Waals surface area contributed by atoms with E-state index in [1.165, 1.54) is 18.2 Å². The molecular weight excluding hydrogens is 408 g/mol. The number of aromatic hydroxyl groups is 1. The van der Waals surface area contributed by atoms with Crippen molar-refractivity contribution < 1.29 is 17.9 Å². The smallest absolute Gasteiger partial charge is 0.262 e. The second-order valence-electron chi connectivity index (χ2n) is 3.96. The lowest BCUT2D eigenvalue weighted by molar-refractivity contribution is 0.471. The normalized spacial score (nSPS) is 11.4. The third-order valence-electron chi connectivity index (χ3n) is 2.48. The van der Waals surface area contributed by atoms with E-state index in [4.69, 9.17) is 23.2 Å². The van der Waals surface area contributed by atoms with Gasteiger partial charge in [0.15, 0.2) is 0 Å². The lowest BCUT2D eigenvalue weighted by Gasteiger charge is -2.11. The van der Waals surface area contributed by atoms with Crippen molar-refractivity contribution in [3.05, 3.63) is 50.7 Å². The van der Waals surface area contributed by atoms with E-state index in [-0.39, 0.29) is 15.6 Å². The molecule has 21 heavy (non-hydrogen) atoms. The molecule has 2 N–H and O–H groups in total. The van der Waals surface area contributed by atoms with Gasteiger partial charge >= 0.3 is 0 Å². The van der Waals surface area contributed by atoms with Crippen molar-refractivity contribution in [1.82, 2.24) is 0 Å². The third-order valence-corrected chi connectivity index (χ3v) is 5.35. The van der Waals surface area contributed by atoms with Gasteiger partial charge in [-0.1, -0.05) is 23.2 Å². The van der Waals surface area contributed by atoms with Crippen molar-refractivity contribution in [1.29, 1.82) is 0 Å². The van der Waals surface area contributed by atoms with Crippen LogP contribution in [0.25, 0.3) is 0 Å². The van der Waals surface area contributed by atoms with Gasteiger partial charge in [-0.2, -0.15) is 0 Å². The lowest BCUT2D eigenvalue weighted by atomic mass is 10.3. The van der Waals surface area contributed by atoms with Gasteiger partial charge < -0.3 is 5.11 Å². The number of sulfonamides is 1. The fourth-order valence-corrected chi connectivity index (χ4v) is 3.37. The predicted molar refractivity (Wildman–Crippen MR) is 83.0 cm³/mol. The van der Waals surface area contributed by atoms with Crippen molar-refractivity contribution in [2.45, 2.75) is 4.90 Å². The van der Waals surface area contributed by atoms with Crippen LogP contribution in [0.3, 0.4) is 0 Å². The SMILES string of the molecule is O=S(=O)(Nc1cc(Cl)c(F)cc1O)c1ccc(Cl)c(Br)c1. The van der Waals surface area contributed by atoms with Gasteiger partial charge in [0.1, 0.15) is 11.6 Å². The summed E-state index contributed by atoms with van der Waals surface area (Å²) in [6.45, 7) is 0. The molecule has 0 spiro atoms. The van der Waals surface area contributed by atoms with Crippen molar-refractivity contribution in [2.24, 2.45) is 0 Å². The summed E-state index contributed by atoms with van der Waals surface area (Å²) in [5, 5.41) is 9.60. The maximum atomic E-state index is 13.1. The molecule has 2 aromatic rings. The molecule has 0 heterocycles. The number of anilines is 1. The Labute approximate surface area is 138 Å². The molecule has 0 unspecified atom stereocenters. The molecule has 112 valence electrons. The zero-order chi connectivity index (χ0) is 15.8. The van der Waals surface area contributed by atoms with Crippen LogP contribution in [-0.2, 0) is 10.0 Å². The van der Waals surface area contributed by atoms with Crippen LogP contribution in [-0.4, -0.2) is 13.5 Å². The molecule has 0 bridgehead atoms. The van der Waals surface area contributed by atoms with E-state index < -0.39 is 21.6 Å². The van der Waals surface area contributed by atoms with Crippen LogP contribution in [0.15, 0.2) is 39.7 Å². The van der Waals surface area contributed by atoms with Crippen LogP contribution in [0.4, 0.5) is 10.1 Å². The maximum Gasteiger partial charge on any atom is 0.262 e. The van der Waals surface area contributed by atoms with Gasteiger partial charge in [0, 0.05) is 10.5 Å². The van der Waals surface area contributed by atoms with Crippen molar-refractivity contribution in [3.63, 3.8) is 0 Å². The first-order valence-corrected chi connectivity index (χ1v) is 8.40. The van der Waals surface area contributed by atoms with Crippen LogP contribution in [0, 0.1) is 5.82 Å². The maximum absolute atomic E-state index is 13.1. The van der Waals surface area contributed by atoms with Gasteiger partial charge in [0.2, 0.25) is 0 Å². The number of nitrogens with one attached hydrogen (secondary N) is 1. The molecule has 2 rings (SSSR count). The predicted octanol–water partition coefficient (Wildman–Crippen LogP) is 4.40. The topological polar surface area (TPSA) is 66.4 Å². The summed E-state index contributed by atoms with van der Waals surface area (Å²) in [6.07, 6.45) is 0. The fourth-order valence-electron chi connectivity index (χ4n) is 1.47. The van der Waals surface area contributed by atoms with E-state index in [1.54, 1.807) is 0 Å². The molecule has 9 heteroatoms. The van der Waals surface area contributed by atoms with Gasteiger partial charge in [0.25, 0.3) is 10.0 Å². The van der Waals surface area contributed by atoms with Crippen molar-refractivity contribution in [3.8, 4) is 5.75 Å². The van der Waals surface area contributed by atoms with Crippen molar-refractivity contribution >= 4 is 54.8 Å². The molecule has 0 fully saturated rings. The molecule has 4 nitrogen and oxygen atoms in total. The second-order valence-corrected chi connectivity index (χ2v) is 7.32. The summed E-state index contributed by atoms with van der Waals surface area (Å²) >= 11 is 14.5. The Morgan fingerprint density at radius 1 is 1.14 bits per heavy atom. The van der Waals surface area contributed by atoms with Crippen molar-refractivity contribution in [2.75, 3.05) is 4.72 Å². The molecule has 0 radical (unpaired) electrons. The van der Waals surface area contributed by atoms with Crippen LogP contribution < -0.4 is 4.72 Å². The molecule has 0 saturated carbocycles. The molecule has 0 aliphatic rings. The van der Waals surface area contributed by atoms with E-state index >= 15 is 0 Å². The molecule has 0 aliphatic heterocycles. The van der Waals surface area contributed by atoms with E-state index in [0.717, 1.165) is 12.1 Å². The number of benzene rings is 2. The second kappa shape index (κ2) is 6.00. The zero-order valence-electron chi connectivity index (χ0n) is 10.1. The number of rotatable bonds is 3. The third kappa shape index (κ3) is 3.60. The van der Waals surface area contributed by atoms with Crippen LogP contribution in [0.5, 0.6) is 5.75 Å². The van der Waals surface area contributed by atoms with Gasteiger partial charge in [-0.25, -0.2) is 12.8 Å².